The van der Waals surface area contributed by atoms with E-state index in [9.17, 15) is 4.79 Å². The molecule has 0 aromatic rings. The number of ketones is 1. The molecule has 0 heterocycles. The normalized spacial score (nSPS) is 11.3. The molecule has 0 saturated heterocycles. The molecule has 0 aliphatic heterocycles. The lowest BCUT2D eigenvalue weighted by Gasteiger charge is -2.04. The van der Waals surface area contributed by atoms with E-state index < -0.39 is 0 Å². The highest BCUT2D eigenvalue weighted by atomic mass is 16.1. The molecule has 0 radical (unpaired) electrons. The molecule has 0 aromatic heterocycles. The first-order valence-corrected chi connectivity index (χ1v) is 14.8. The van der Waals surface area contributed by atoms with Gasteiger partial charge in [0.1, 0.15) is 5.78 Å². The molecule has 0 saturated carbocycles. The van der Waals surface area contributed by atoms with E-state index in [2.05, 4.69) is 6.92 Å². The number of carbonyl (C=O) groups excluding carboxylic acids is 1. The second-order valence-electron chi connectivity index (χ2n) is 10.3. The van der Waals surface area contributed by atoms with Gasteiger partial charge in [0.05, 0.1) is 0 Å². The molecule has 0 aliphatic rings. The first-order chi connectivity index (χ1) is 15.3. The molecule has 1 heteroatoms. The van der Waals surface area contributed by atoms with E-state index in [4.69, 9.17) is 0 Å². The first kappa shape index (κ1) is 30.7. The van der Waals surface area contributed by atoms with E-state index in [1.165, 1.54) is 161 Å². The minimum Gasteiger partial charge on any atom is -0.300 e. The zero-order valence-corrected chi connectivity index (χ0v) is 22.0. The maximum atomic E-state index is 10.9. The number of unbranched alkanes of at least 4 members (excludes halogenated alkanes) is 25. The predicted molar refractivity (Wildman–Crippen MR) is 141 cm³/mol. The van der Waals surface area contributed by atoms with Crippen molar-refractivity contribution in [2.45, 2.75) is 187 Å². The van der Waals surface area contributed by atoms with Gasteiger partial charge in [0.2, 0.25) is 0 Å². The Bertz CT molecular complexity index is 335. The Kier molecular flexibility index (Phi) is 27.4. The van der Waals surface area contributed by atoms with E-state index in [0.717, 1.165) is 12.8 Å². The van der Waals surface area contributed by atoms with Crippen LogP contribution >= 0.6 is 0 Å². The van der Waals surface area contributed by atoms with E-state index >= 15 is 0 Å². The summed E-state index contributed by atoms with van der Waals surface area (Å²) in [5, 5.41) is 0. The summed E-state index contributed by atoms with van der Waals surface area (Å²) in [4.78, 5) is 10.9. The van der Waals surface area contributed by atoms with Crippen LogP contribution in [0.1, 0.15) is 187 Å². The number of rotatable bonds is 27. The molecule has 1 nitrogen and oxygen atoms in total. The zero-order chi connectivity index (χ0) is 22.7. The largest absolute Gasteiger partial charge is 0.300 e. The monoisotopic (exact) mass is 436 g/mol. The van der Waals surface area contributed by atoms with Crippen LogP contribution in [-0.4, -0.2) is 5.78 Å². The summed E-state index contributed by atoms with van der Waals surface area (Å²) >= 11 is 0. The van der Waals surface area contributed by atoms with Gasteiger partial charge < -0.3 is 4.79 Å². The van der Waals surface area contributed by atoms with Crippen molar-refractivity contribution < 1.29 is 4.79 Å². The summed E-state index contributed by atoms with van der Waals surface area (Å²) in [6.07, 6.45) is 37.9. The third-order valence-electron chi connectivity index (χ3n) is 6.88. The van der Waals surface area contributed by atoms with Gasteiger partial charge in [-0.25, -0.2) is 0 Å². The molecule has 0 bridgehead atoms. The minimum atomic E-state index is 0.351. The fourth-order valence-electron chi connectivity index (χ4n) is 4.69. The van der Waals surface area contributed by atoms with Crippen LogP contribution in [0.15, 0.2) is 0 Å². The molecule has 0 atom stereocenters. The molecule has 31 heavy (non-hydrogen) atoms. The molecule has 0 aliphatic carbocycles. The van der Waals surface area contributed by atoms with Crippen LogP contribution in [0.2, 0.25) is 0 Å². The summed E-state index contributed by atoms with van der Waals surface area (Å²) in [5.74, 6) is 0.351. The molecular formula is C30H60O. The van der Waals surface area contributed by atoms with Crippen molar-refractivity contribution in [3.63, 3.8) is 0 Å². The van der Waals surface area contributed by atoms with Crippen molar-refractivity contribution in [3.8, 4) is 0 Å². The Morgan fingerprint density at radius 1 is 0.355 bits per heavy atom. The van der Waals surface area contributed by atoms with Gasteiger partial charge in [0.15, 0.2) is 0 Å². The Morgan fingerprint density at radius 3 is 0.742 bits per heavy atom. The highest BCUT2D eigenvalue weighted by Gasteiger charge is 1.97. The van der Waals surface area contributed by atoms with Gasteiger partial charge in [-0.3, -0.25) is 0 Å². The van der Waals surface area contributed by atoms with Crippen molar-refractivity contribution in [1.29, 1.82) is 0 Å². The highest BCUT2D eigenvalue weighted by Crippen LogP contribution is 2.16. The van der Waals surface area contributed by atoms with Crippen molar-refractivity contribution in [3.05, 3.63) is 0 Å². The Labute approximate surface area is 197 Å². The number of carbonyl (C=O) groups is 1. The average molecular weight is 437 g/mol. The third kappa shape index (κ3) is 29.7. The number of hydrogen-bond acceptors (Lipinski definition) is 1. The molecule has 0 fully saturated rings. The van der Waals surface area contributed by atoms with E-state index in [0.29, 0.717) is 5.78 Å². The average Bonchev–Trinajstić information content (AvgIpc) is 2.76. The summed E-state index contributed by atoms with van der Waals surface area (Å²) in [6.45, 7) is 4.01. The smallest absolute Gasteiger partial charge is 0.129 e. The SMILES string of the molecule is CCCCCCCCCCCCCCCCCCCCCCCCCCCCC(C)=O. The van der Waals surface area contributed by atoms with Crippen molar-refractivity contribution in [2.75, 3.05) is 0 Å². The lowest BCUT2D eigenvalue weighted by Crippen LogP contribution is -1.89. The van der Waals surface area contributed by atoms with Crippen LogP contribution in [0.5, 0.6) is 0 Å². The summed E-state index contributed by atoms with van der Waals surface area (Å²) in [5.41, 5.74) is 0. The van der Waals surface area contributed by atoms with Gasteiger partial charge in [0, 0.05) is 6.42 Å². The zero-order valence-electron chi connectivity index (χ0n) is 22.0. The van der Waals surface area contributed by atoms with Crippen molar-refractivity contribution in [2.24, 2.45) is 0 Å². The summed E-state index contributed by atoms with van der Waals surface area (Å²) in [6, 6.07) is 0. The molecule has 0 unspecified atom stereocenters. The lowest BCUT2D eigenvalue weighted by molar-refractivity contribution is -0.117. The summed E-state index contributed by atoms with van der Waals surface area (Å²) in [7, 11) is 0. The van der Waals surface area contributed by atoms with Crippen LogP contribution in [0, 0.1) is 0 Å². The Morgan fingerprint density at radius 2 is 0.548 bits per heavy atom. The molecule has 0 amide bonds. The van der Waals surface area contributed by atoms with Crippen LogP contribution in [0.3, 0.4) is 0 Å². The van der Waals surface area contributed by atoms with Gasteiger partial charge in [0.25, 0.3) is 0 Å². The standard InChI is InChI=1S/C30H60O/c1-3-4-5-6-7-8-9-10-11-12-13-14-15-16-17-18-19-20-21-22-23-24-25-26-27-28-29-30(2)31/h3-29H2,1-2H3. The fraction of sp³-hybridized carbons (Fsp3) is 0.967. The van der Waals surface area contributed by atoms with Crippen LogP contribution in [-0.2, 0) is 4.79 Å². The van der Waals surface area contributed by atoms with E-state index in [-0.39, 0.29) is 0 Å². The quantitative estimate of drug-likeness (QED) is 0.117. The molecule has 186 valence electrons. The maximum Gasteiger partial charge on any atom is 0.129 e. The second-order valence-corrected chi connectivity index (χ2v) is 10.3. The minimum absolute atomic E-state index is 0.351. The highest BCUT2D eigenvalue weighted by molar-refractivity contribution is 5.75. The maximum absolute atomic E-state index is 10.9. The van der Waals surface area contributed by atoms with Gasteiger partial charge in [-0.05, 0) is 13.3 Å². The van der Waals surface area contributed by atoms with Gasteiger partial charge in [-0.2, -0.15) is 0 Å². The molecule has 0 rings (SSSR count). The lowest BCUT2D eigenvalue weighted by atomic mass is 10.0. The van der Waals surface area contributed by atoms with Crippen molar-refractivity contribution in [1.82, 2.24) is 0 Å². The van der Waals surface area contributed by atoms with Gasteiger partial charge >= 0.3 is 0 Å². The number of Topliss-reactive ketones (excluding diaryl/α,β-unsaturated/α-hetero) is 1. The van der Waals surface area contributed by atoms with E-state index in [1.54, 1.807) is 6.92 Å². The molecule has 0 aromatic carbocycles. The first-order valence-electron chi connectivity index (χ1n) is 14.8. The predicted octanol–water partition coefficient (Wildman–Crippen LogP) is 11.1. The number of hydrogen-bond donors (Lipinski definition) is 0. The molecule has 0 spiro atoms. The van der Waals surface area contributed by atoms with Crippen LogP contribution in [0.4, 0.5) is 0 Å². The second kappa shape index (κ2) is 27.7. The topological polar surface area (TPSA) is 17.1 Å². The summed E-state index contributed by atoms with van der Waals surface area (Å²) < 4.78 is 0. The third-order valence-corrected chi connectivity index (χ3v) is 6.88. The van der Waals surface area contributed by atoms with Crippen LogP contribution < -0.4 is 0 Å². The Hall–Kier alpha value is -0.330. The van der Waals surface area contributed by atoms with Gasteiger partial charge in [-0.15, -0.1) is 0 Å². The molecular weight excluding hydrogens is 376 g/mol. The Balaban J connectivity index is 3.00. The van der Waals surface area contributed by atoms with E-state index in [1.807, 2.05) is 0 Å². The van der Waals surface area contributed by atoms with Crippen LogP contribution in [0.25, 0.3) is 0 Å². The molecule has 0 N–H and O–H groups in total. The van der Waals surface area contributed by atoms with Crippen molar-refractivity contribution >= 4 is 5.78 Å². The fourth-order valence-corrected chi connectivity index (χ4v) is 4.69. The van der Waals surface area contributed by atoms with Gasteiger partial charge in [-0.1, -0.05) is 167 Å².